The van der Waals surface area contributed by atoms with Crippen LogP contribution in [0.3, 0.4) is 0 Å². The summed E-state index contributed by atoms with van der Waals surface area (Å²) in [6.45, 7) is 2.37. The molecule has 1 aliphatic heterocycles. The Morgan fingerprint density at radius 3 is 2.50 bits per heavy atom. The van der Waals surface area contributed by atoms with E-state index >= 15 is 0 Å². The first-order chi connectivity index (χ1) is 5.77. The van der Waals surface area contributed by atoms with E-state index in [0.717, 1.165) is 18.4 Å². The van der Waals surface area contributed by atoms with Gasteiger partial charge in [0.1, 0.15) is 0 Å². The van der Waals surface area contributed by atoms with Crippen LogP contribution in [0.1, 0.15) is 25.7 Å². The first kappa shape index (κ1) is 8.52. The smallest absolute Gasteiger partial charge is 0.0199 e. The summed E-state index contributed by atoms with van der Waals surface area (Å²) in [5.74, 6) is 1.82. The quantitative estimate of drug-likeness (QED) is 0.634. The minimum atomic E-state index is 0.453. The van der Waals surface area contributed by atoms with E-state index in [1.165, 1.54) is 32.2 Å². The maximum Gasteiger partial charge on any atom is 0.0199 e. The first-order valence-electron chi connectivity index (χ1n) is 5.21. The molecule has 1 saturated carbocycles. The van der Waals surface area contributed by atoms with Gasteiger partial charge in [-0.05, 0) is 31.8 Å². The number of nitrogens with two attached hydrogens (primary N) is 1. The van der Waals surface area contributed by atoms with Crippen LogP contribution >= 0.6 is 0 Å². The van der Waals surface area contributed by atoms with Crippen molar-refractivity contribution in [3.8, 4) is 0 Å². The highest BCUT2D eigenvalue weighted by atomic mass is 15.1. The number of piperidine rings is 1. The molecule has 2 aliphatic rings. The number of hydrogen-bond acceptors (Lipinski definition) is 2. The Kier molecular flexibility index (Phi) is 2.37. The molecule has 0 spiro atoms. The topological polar surface area (TPSA) is 29.3 Å². The second kappa shape index (κ2) is 3.35. The van der Waals surface area contributed by atoms with Crippen LogP contribution in [0.25, 0.3) is 0 Å². The van der Waals surface area contributed by atoms with Gasteiger partial charge < -0.3 is 10.6 Å². The lowest BCUT2D eigenvalue weighted by Gasteiger charge is -2.42. The summed E-state index contributed by atoms with van der Waals surface area (Å²) in [6.07, 6.45) is 5.68. The highest BCUT2D eigenvalue weighted by Gasteiger charge is 2.34. The number of likely N-dealkylation sites (N-methyl/N-ethyl adjacent to an activating group) is 1. The number of rotatable bonds is 1. The molecule has 2 nitrogen and oxygen atoms in total. The Bertz CT molecular complexity index is 154. The molecular formula is C10H20N2. The zero-order valence-corrected chi connectivity index (χ0v) is 8.00. The first-order valence-corrected chi connectivity index (χ1v) is 5.21. The molecule has 0 aromatic rings. The van der Waals surface area contributed by atoms with Crippen molar-refractivity contribution in [2.75, 3.05) is 20.1 Å². The van der Waals surface area contributed by atoms with Gasteiger partial charge in [-0.2, -0.15) is 0 Å². The van der Waals surface area contributed by atoms with Gasteiger partial charge in [-0.25, -0.2) is 0 Å². The van der Waals surface area contributed by atoms with Crippen molar-refractivity contribution in [2.45, 2.75) is 31.7 Å². The molecule has 0 bridgehead atoms. The fraction of sp³-hybridized carbons (Fsp3) is 1.00. The lowest BCUT2D eigenvalue weighted by Crippen LogP contribution is -2.50. The summed E-state index contributed by atoms with van der Waals surface area (Å²) in [5, 5.41) is 0. The zero-order valence-electron chi connectivity index (χ0n) is 8.00. The van der Waals surface area contributed by atoms with Gasteiger partial charge in [-0.15, -0.1) is 0 Å². The van der Waals surface area contributed by atoms with Crippen molar-refractivity contribution in [2.24, 2.45) is 17.6 Å². The molecular weight excluding hydrogens is 148 g/mol. The van der Waals surface area contributed by atoms with E-state index < -0.39 is 0 Å². The predicted octanol–water partition coefficient (Wildman–Crippen LogP) is 1.07. The molecule has 1 heterocycles. The Morgan fingerprint density at radius 2 is 2.00 bits per heavy atom. The highest BCUT2D eigenvalue weighted by Crippen LogP contribution is 2.37. The third-order valence-electron chi connectivity index (χ3n) is 3.67. The fourth-order valence-electron chi connectivity index (χ4n) is 2.62. The third-order valence-corrected chi connectivity index (χ3v) is 3.67. The monoisotopic (exact) mass is 168 g/mol. The minimum absolute atomic E-state index is 0.453. The molecule has 2 rings (SSSR count). The van der Waals surface area contributed by atoms with Crippen molar-refractivity contribution >= 4 is 0 Å². The standard InChI is InChI=1S/C10H20N2/c1-12-6-5-9(10(11)7-12)8-3-2-4-8/h8-10H,2-7,11H2,1H3. The summed E-state index contributed by atoms with van der Waals surface area (Å²) in [5.41, 5.74) is 6.14. The van der Waals surface area contributed by atoms with Crippen LogP contribution in [0, 0.1) is 11.8 Å². The molecule has 1 aliphatic carbocycles. The van der Waals surface area contributed by atoms with E-state index in [9.17, 15) is 0 Å². The molecule has 12 heavy (non-hydrogen) atoms. The van der Waals surface area contributed by atoms with Crippen molar-refractivity contribution in [3.05, 3.63) is 0 Å². The van der Waals surface area contributed by atoms with Crippen LogP contribution in [-0.2, 0) is 0 Å². The summed E-state index contributed by atoms with van der Waals surface area (Å²) in [7, 11) is 2.18. The van der Waals surface area contributed by atoms with Crippen LogP contribution in [0.2, 0.25) is 0 Å². The zero-order chi connectivity index (χ0) is 8.55. The second-order valence-corrected chi connectivity index (χ2v) is 4.57. The molecule has 0 aromatic heterocycles. The summed E-state index contributed by atoms with van der Waals surface area (Å²) in [6, 6.07) is 0.453. The molecule has 2 fully saturated rings. The molecule has 0 amide bonds. The molecule has 0 aromatic carbocycles. The van der Waals surface area contributed by atoms with E-state index in [-0.39, 0.29) is 0 Å². The molecule has 2 unspecified atom stereocenters. The lowest BCUT2D eigenvalue weighted by molar-refractivity contribution is 0.100. The Morgan fingerprint density at radius 1 is 1.25 bits per heavy atom. The maximum absolute atomic E-state index is 6.14. The normalized spacial score (nSPS) is 39.5. The minimum Gasteiger partial charge on any atom is -0.326 e. The van der Waals surface area contributed by atoms with Crippen LogP contribution in [0.5, 0.6) is 0 Å². The van der Waals surface area contributed by atoms with Gasteiger partial charge in [0, 0.05) is 12.6 Å². The van der Waals surface area contributed by atoms with Crippen molar-refractivity contribution in [1.82, 2.24) is 4.90 Å². The van der Waals surface area contributed by atoms with E-state index in [4.69, 9.17) is 5.73 Å². The van der Waals surface area contributed by atoms with Gasteiger partial charge in [0.15, 0.2) is 0 Å². The Hall–Kier alpha value is -0.0800. The van der Waals surface area contributed by atoms with Crippen molar-refractivity contribution in [1.29, 1.82) is 0 Å². The van der Waals surface area contributed by atoms with Gasteiger partial charge >= 0.3 is 0 Å². The third kappa shape index (κ3) is 1.50. The SMILES string of the molecule is CN1CCC(C2CCC2)C(N)C1. The van der Waals surface area contributed by atoms with Crippen LogP contribution in [0.15, 0.2) is 0 Å². The number of likely N-dealkylation sites (tertiary alicyclic amines) is 1. The lowest BCUT2D eigenvalue weighted by atomic mass is 9.70. The van der Waals surface area contributed by atoms with Crippen molar-refractivity contribution < 1.29 is 0 Å². The number of nitrogens with zero attached hydrogens (tertiary/aromatic N) is 1. The molecule has 0 radical (unpaired) electrons. The molecule has 2 atom stereocenters. The van der Waals surface area contributed by atoms with Gasteiger partial charge in [-0.3, -0.25) is 0 Å². The van der Waals surface area contributed by atoms with Crippen molar-refractivity contribution in [3.63, 3.8) is 0 Å². The van der Waals surface area contributed by atoms with Crippen LogP contribution in [0.4, 0.5) is 0 Å². The Labute approximate surface area is 75.1 Å². The van der Waals surface area contributed by atoms with Crippen LogP contribution < -0.4 is 5.73 Å². The molecule has 2 heteroatoms. The van der Waals surface area contributed by atoms with E-state index in [1.54, 1.807) is 0 Å². The van der Waals surface area contributed by atoms with Gasteiger partial charge in [0.25, 0.3) is 0 Å². The molecule has 2 N–H and O–H groups in total. The fourth-order valence-corrected chi connectivity index (χ4v) is 2.62. The highest BCUT2D eigenvalue weighted by molar-refractivity contribution is 4.89. The number of hydrogen-bond donors (Lipinski definition) is 1. The molecule has 70 valence electrons. The van der Waals surface area contributed by atoms with Crippen LogP contribution in [-0.4, -0.2) is 31.1 Å². The summed E-state index contributed by atoms with van der Waals surface area (Å²) < 4.78 is 0. The predicted molar refractivity (Wildman–Crippen MR) is 50.9 cm³/mol. The van der Waals surface area contributed by atoms with Gasteiger partial charge in [-0.1, -0.05) is 19.3 Å². The van der Waals surface area contributed by atoms with Gasteiger partial charge in [0.2, 0.25) is 0 Å². The van der Waals surface area contributed by atoms with E-state index in [2.05, 4.69) is 11.9 Å². The summed E-state index contributed by atoms with van der Waals surface area (Å²) >= 11 is 0. The van der Waals surface area contributed by atoms with E-state index in [0.29, 0.717) is 6.04 Å². The van der Waals surface area contributed by atoms with Gasteiger partial charge in [0.05, 0.1) is 0 Å². The average molecular weight is 168 g/mol. The molecule has 1 saturated heterocycles. The Balaban J connectivity index is 1.88. The maximum atomic E-state index is 6.14. The summed E-state index contributed by atoms with van der Waals surface area (Å²) in [4.78, 5) is 2.36. The largest absolute Gasteiger partial charge is 0.326 e. The second-order valence-electron chi connectivity index (χ2n) is 4.57. The average Bonchev–Trinajstić information content (AvgIpc) is 1.91. The van der Waals surface area contributed by atoms with E-state index in [1.807, 2.05) is 0 Å².